The van der Waals surface area contributed by atoms with Crippen LogP contribution in [0.2, 0.25) is 0 Å². The van der Waals surface area contributed by atoms with Gasteiger partial charge in [-0.1, -0.05) is 6.08 Å². The van der Waals surface area contributed by atoms with Crippen molar-refractivity contribution in [2.75, 3.05) is 5.73 Å². The summed E-state index contributed by atoms with van der Waals surface area (Å²) >= 11 is 0. The summed E-state index contributed by atoms with van der Waals surface area (Å²) in [6, 6.07) is 1.55. The number of hydrogen-bond acceptors (Lipinski definition) is 3. The van der Waals surface area contributed by atoms with Gasteiger partial charge in [-0.25, -0.2) is 13.8 Å². The van der Waals surface area contributed by atoms with E-state index in [1.54, 1.807) is 13.0 Å². The van der Waals surface area contributed by atoms with Crippen molar-refractivity contribution in [1.82, 2.24) is 4.98 Å². The lowest BCUT2D eigenvalue weighted by Crippen LogP contribution is -2.29. The molecule has 1 heterocycles. The number of anilines is 1. The molecule has 0 aromatic carbocycles. The van der Waals surface area contributed by atoms with Gasteiger partial charge in [-0.05, 0) is 24.6 Å². The molecule has 0 fully saturated rings. The molecule has 2 N–H and O–H groups in total. The summed E-state index contributed by atoms with van der Waals surface area (Å²) in [5, 5.41) is 0. The van der Waals surface area contributed by atoms with Crippen molar-refractivity contribution >= 4 is 5.69 Å². The van der Waals surface area contributed by atoms with Crippen molar-refractivity contribution in [3.8, 4) is 5.88 Å². The summed E-state index contributed by atoms with van der Waals surface area (Å²) in [6.07, 6.45) is 2.35. The molecule has 0 bridgehead atoms. The molecule has 1 aromatic heterocycles. The fourth-order valence-electron chi connectivity index (χ4n) is 1.46. The molecule has 2 atom stereocenters. The SMILES string of the molecule is Cc1cc(OC2C(F)=CC=CC2F)ncc1N. The molecule has 2 rings (SSSR count). The van der Waals surface area contributed by atoms with Gasteiger partial charge in [0.05, 0.1) is 11.9 Å². The molecule has 0 amide bonds. The molecular weight excluding hydrogens is 226 g/mol. The van der Waals surface area contributed by atoms with Crippen LogP contribution >= 0.6 is 0 Å². The third kappa shape index (κ3) is 2.43. The monoisotopic (exact) mass is 238 g/mol. The van der Waals surface area contributed by atoms with Gasteiger partial charge >= 0.3 is 0 Å². The second-order valence-electron chi connectivity index (χ2n) is 3.80. The lowest BCUT2D eigenvalue weighted by Gasteiger charge is -2.20. The Morgan fingerprint density at radius 1 is 1.47 bits per heavy atom. The molecule has 90 valence electrons. The Balaban J connectivity index is 2.18. The van der Waals surface area contributed by atoms with Crippen molar-refractivity contribution in [2.24, 2.45) is 0 Å². The number of alkyl halides is 1. The standard InChI is InChI=1S/C12H12F2N2O/c1-7-5-11(16-6-10(7)15)17-12-8(13)3-2-4-9(12)14/h2-6,8,12H,15H2,1H3. The Bertz CT molecular complexity index is 485. The van der Waals surface area contributed by atoms with Gasteiger partial charge in [0, 0.05) is 6.07 Å². The Morgan fingerprint density at radius 3 is 2.88 bits per heavy atom. The van der Waals surface area contributed by atoms with Crippen LogP contribution in [0, 0.1) is 6.92 Å². The van der Waals surface area contributed by atoms with Gasteiger partial charge in [-0.2, -0.15) is 0 Å². The van der Waals surface area contributed by atoms with E-state index in [-0.39, 0.29) is 5.88 Å². The highest BCUT2D eigenvalue weighted by Gasteiger charge is 2.28. The Kier molecular flexibility index (Phi) is 3.08. The van der Waals surface area contributed by atoms with Gasteiger partial charge in [-0.15, -0.1) is 0 Å². The first kappa shape index (κ1) is 11.6. The maximum atomic E-state index is 13.4. The van der Waals surface area contributed by atoms with E-state index in [2.05, 4.69) is 4.98 Å². The van der Waals surface area contributed by atoms with Crippen molar-refractivity contribution in [1.29, 1.82) is 0 Å². The summed E-state index contributed by atoms with van der Waals surface area (Å²) in [7, 11) is 0. The smallest absolute Gasteiger partial charge is 0.214 e. The fraction of sp³-hybridized carbons (Fsp3) is 0.250. The molecule has 0 saturated heterocycles. The highest BCUT2D eigenvalue weighted by Crippen LogP contribution is 2.24. The lowest BCUT2D eigenvalue weighted by atomic mass is 10.1. The Morgan fingerprint density at radius 2 is 2.24 bits per heavy atom. The number of halogens is 2. The van der Waals surface area contributed by atoms with E-state index in [0.717, 1.165) is 5.56 Å². The van der Waals surface area contributed by atoms with Crippen LogP contribution in [0.5, 0.6) is 5.88 Å². The second-order valence-corrected chi connectivity index (χ2v) is 3.80. The highest BCUT2D eigenvalue weighted by atomic mass is 19.1. The van der Waals surface area contributed by atoms with Crippen molar-refractivity contribution in [2.45, 2.75) is 19.2 Å². The molecule has 2 unspecified atom stereocenters. The Hall–Kier alpha value is -1.91. The predicted molar refractivity (Wildman–Crippen MR) is 61.0 cm³/mol. The second kappa shape index (κ2) is 4.53. The van der Waals surface area contributed by atoms with E-state index in [0.29, 0.717) is 5.69 Å². The molecule has 1 aromatic rings. The van der Waals surface area contributed by atoms with Gasteiger partial charge < -0.3 is 10.5 Å². The van der Waals surface area contributed by atoms with E-state index in [1.807, 2.05) is 0 Å². The molecule has 1 aliphatic rings. The minimum absolute atomic E-state index is 0.156. The van der Waals surface area contributed by atoms with Crippen molar-refractivity contribution < 1.29 is 13.5 Å². The molecule has 3 nitrogen and oxygen atoms in total. The normalized spacial score (nSPS) is 23.4. The fourth-order valence-corrected chi connectivity index (χ4v) is 1.46. The molecule has 17 heavy (non-hydrogen) atoms. The first-order chi connectivity index (χ1) is 8.08. The van der Waals surface area contributed by atoms with Crippen LogP contribution in [-0.4, -0.2) is 17.3 Å². The summed E-state index contributed by atoms with van der Waals surface area (Å²) in [6.45, 7) is 1.77. The third-order valence-electron chi connectivity index (χ3n) is 2.49. The number of aromatic nitrogens is 1. The molecule has 0 radical (unpaired) electrons. The number of nitrogens with two attached hydrogens (primary N) is 1. The van der Waals surface area contributed by atoms with Crippen LogP contribution < -0.4 is 10.5 Å². The lowest BCUT2D eigenvalue weighted by molar-refractivity contribution is 0.127. The summed E-state index contributed by atoms with van der Waals surface area (Å²) in [4.78, 5) is 3.87. The van der Waals surface area contributed by atoms with Gasteiger partial charge in [-0.3, -0.25) is 0 Å². The summed E-state index contributed by atoms with van der Waals surface area (Å²) in [5.74, 6) is -0.500. The van der Waals surface area contributed by atoms with Crippen LogP contribution in [0.25, 0.3) is 0 Å². The van der Waals surface area contributed by atoms with Gasteiger partial charge in [0.25, 0.3) is 0 Å². The van der Waals surface area contributed by atoms with E-state index in [9.17, 15) is 8.78 Å². The molecule has 1 aliphatic carbocycles. The zero-order chi connectivity index (χ0) is 12.4. The molecular formula is C12H12F2N2O. The number of pyridine rings is 1. The number of hydrogen-bond donors (Lipinski definition) is 1. The summed E-state index contributed by atoms with van der Waals surface area (Å²) < 4.78 is 32.0. The largest absolute Gasteiger partial charge is 0.463 e. The van der Waals surface area contributed by atoms with E-state index in [1.165, 1.54) is 24.4 Å². The van der Waals surface area contributed by atoms with Crippen LogP contribution in [-0.2, 0) is 0 Å². The summed E-state index contributed by atoms with van der Waals surface area (Å²) in [5.41, 5.74) is 6.85. The Labute approximate surface area is 97.6 Å². The number of rotatable bonds is 2. The highest BCUT2D eigenvalue weighted by molar-refractivity contribution is 5.45. The zero-order valence-corrected chi connectivity index (χ0v) is 9.23. The minimum atomic E-state index is -1.51. The number of nitrogens with zero attached hydrogens (tertiary/aromatic N) is 1. The van der Waals surface area contributed by atoms with Crippen LogP contribution in [0.15, 0.2) is 36.3 Å². The van der Waals surface area contributed by atoms with Crippen molar-refractivity contribution in [3.63, 3.8) is 0 Å². The van der Waals surface area contributed by atoms with Crippen LogP contribution in [0.4, 0.5) is 14.5 Å². The van der Waals surface area contributed by atoms with Crippen LogP contribution in [0.3, 0.4) is 0 Å². The minimum Gasteiger partial charge on any atom is -0.463 e. The zero-order valence-electron chi connectivity index (χ0n) is 9.23. The molecule has 0 saturated carbocycles. The van der Waals surface area contributed by atoms with E-state index in [4.69, 9.17) is 10.5 Å². The average molecular weight is 238 g/mol. The van der Waals surface area contributed by atoms with E-state index >= 15 is 0 Å². The van der Waals surface area contributed by atoms with Crippen molar-refractivity contribution in [3.05, 3.63) is 41.9 Å². The number of aryl methyl sites for hydroxylation is 1. The molecule has 0 aliphatic heterocycles. The van der Waals surface area contributed by atoms with Crippen LogP contribution in [0.1, 0.15) is 5.56 Å². The van der Waals surface area contributed by atoms with Gasteiger partial charge in [0.15, 0.2) is 12.3 Å². The predicted octanol–water partition coefficient (Wildman–Crippen LogP) is 2.48. The number of allylic oxidation sites excluding steroid dienone is 2. The first-order valence-corrected chi connectivity index (χ1v) is 5.14. The molecule has 0 spiro atoms. The van der Waals surface area contributed by atoms with E-state index < -0.39 is 18.1 Å². The first-order valence-electron chi connectivity index (χ1n) is 5.14. The topological polar surface area (TPSA) is 48.1 Å². The third-order valence-corrected chi connectivity index (χ3v) is 2.49. The molecule has 5 heteroatoms. The number of nitrogen functional groups attached to an aromatic ring is 1. The quantitative estimate of drug-likeness (QED) is 0.861. The number of ether oxygens (including phenoxy) is 1. The maximum absolute atomic E-state index is 13.4. The van der Waals surface area contributed by atoms with Gasteiger partial charge in [0.1, 0.15) is 5.83 Å². The van der Waals surface area contributed by atoms with Gasteiger partial charge in [0.2, 0.25) is 5.88 Å². The average Bonchev–Trinajstić information content (AvgIpc) is 2.28. The maximum Gasteiger partial charge on any atom is 0.214 e.